The molecule has 0 aromatic carbocycles. The largest absolute Gasteiger partial charge is 0.295 e. The molecule has 0 bridgehead atoms. The fourth-order valence-corrected chi connectivity index (χ4v) is 0.977. The highest BCUT2D eigenvalue weighted by Gasteiger charge is 2.15. The van der Waals surface area contributed by atoms with E-state index in [9.17, 15) is 4.79 Å². The first-order valence-corrected chi connectivity index (χ1v) is 2.91. The number of hydrogen-bond acceptors (Lipinski definition) is 1. The summed E-state index contributed by atoms with van der Waals surface area (Å²) in [5, 5.41) is 0. The van der Waals surface area contributed by atoms with Crippen molar-refractivity contribution in [1.29, 1.82) is 0 Å². The highest BCUT2D eigenvalue weighted by molar-refractivity contribution is 5.95. The summed E-state index contributed by atoms with van der Waals surface area (Å²) in [6.07, 6.45) is 2.15. The van der Waals surface area contributed by atoms with Crippen molar-refractivity contribution < 1.29 is 4.79 Å². The van der Waals surface area contributed by atoms with E-state index in [1.54, 1.807) is 6.92 Å². The summed E-state index contributed by atoms with van der Waals surface area (Å²) < 4.78 is 0. The van der Waals surface area contributed by atoms with Gasteiger partial charge >= 0.3 is 0 Å². The molecular formula is C7H10O. The summed E-state index contributed by atoms with van der Waals surface area (Å²) in [7, 11) is 0. The van der Waals surface area contributed by atoms with Gasteiger partial charge in [0.1, 0.15) is 0 Å². The lowest BCUT2D eigenvalue weighted by atomic mass is 9.87. The first kappa shape index (κ1) is 5.54. The van der Waals surface area contributed by atoms with Gasteiger partial charge in [0.05, 0.1) is 0 Å². The Morgan fingerprint density at radius 3 is 2.12 bits per heavy atom. The molecule has 1 aliphatic carbocycles. The molecule has 0 amide bonds. The second kappa shape index (κ2) is 1.73. The summed E-state index contributed by atoms with van der Waals surface area (Å²) in [4.78, 5) is 10.6. The van der Waals surface area contributed by atoms with E-state index >= 15 is 0 Å². The Morgan fingerprint density at radius 2 is 2.12 bits per heavy atom. The maximum absolute atomic E-state index is 10.6. The third kappa shape index (κ3) is 0.683. The smallest absolute Gasteiger partial charge is 0.155 e. The maximum Gasteiger partial charge on any atom is 0.155 e. The van der Waals surface area contributed by atoms with Gasteiger partial charge in [-0.05, 0) is 32.3 Å². The van der Waals surface area contributed by atoms with E-state index in [0.717, 1.165) is 18.4 Å². The zero-order chi connectivity index (χ0) is 6.15. The van der Waals surface area contributed by atoms with Crippen molar-refractivity contribution in [3.8, 4) is 0 Å². The molecule has 0 fully saturated rings. The topological polar surface area (TPSA) is 17.1 Å². The Morgan fingerprint density at radius 1 is 1.50 bits per heavy atom. The van der Waals surface area contributed by atoms with Crippen LogP contribution in [0.3, 0.4) is 0 Å². The lowest BCUT2D eigenvalue weighted by molar-refractivity contribution is -0.114. The van der Waals surface area contributed by atoms with Crippen LogP contribution in [0.1, 0.15) is 26.7 Å². The molecule has 0 aliphatic heterocycles. The van der Waals surface area contributed by atoms with Crippen molar-refractivity contribution in [3.63, 3.8) is 0 Å². The van der Waals surface area contributed by atoms with Crippen LogP contribution >= 0.6 is 0 Å². The Labute approximate surface area is 49.4 Å². The molecule has 44 valence electrons. The average Bonchev–Trinajstić information content (AvgIpc) is 1.61. The lowest BCUT2D eigenvalue weighted by Crippen LogP contribution is -2.08. The van der Waals surface area contributed by atoms with Crippen molar-refractivity contribution in [1.82, 2.24) is 0 Å². The minimum Gasteiger partial charge on any atom is -0.295 e. The second-order valence-electron chi connectivity index (χ2n) is 2.32. The third-order valence-electron chi connectivity index (χ3n) is 1.69. The summed E-state index contributed by atoms with van der Waals surface area (Å²) in [5.74, 6) is 0.258. The number of carbonyl (C=O) groups is 1. The van der Waals surface area contributed by atoms with Crippen LogP contribution in [-0.4, -0.2) is 5.78 Å². The number of carbonyl (C=O) groups excluding carboxylic acids is 1. The molecule has 1 rings (SSSR count). The number of Topliss-reactive ketones (excluding diaryl/α,β-unsaturated/α-hetero) is 1. The van der Waals surface area contributed by atoms with Crippen molar-refractivity contribution in [2.24, 2.45) is 0 Å². The van der Waals surface area contributed by atoms with Crippen LogP contribution in [0.2, 0.25) is 0 Å². The van der Waals surface area contributed by atoms with Crippen molar-refractivity contribution in [3.05, 3.63) is 11.1 Å². The summed E-state index contributed by atoms with van der Waals surface area (Å²) in [5.41, 5.74) is 2.35. The normalized spacial score (nSPS) is 18.2. The molecule has 0 saturated carbocycles. The molecule has 0 aromatic rings. The molecule has 0 saturated heterocycles. The molecular weight excluding hydrogens is 100 g/mol. The first-order valence-electron chi connectivity index (χ1n) is 2.91. The molecule has 0 spiro atoms. The molecule has 0 atom stereocenters. The standard InChI is InChI=1S/C7H10O/c1-5-3-4-7(5)6(2)8/h3-4H2,1-2H3. The van der Waals surface area contributed by atoms with Crippen LogP contribution in [0.15, 0.2) is 11.1 Å². The number of rotatable bonds is 1. The summed E-state index contributed by atoms with van der Waals surface area (Å²) in [6.45, 7) is 3.66. The van der Waals surface area contributed by atoms with E-state index in [1.165, 1.54) is 5.57 Å². The second-order valence-corrected chi connectivity index (χ2v) is 2.32. The first-order chi connectivity index (χ1) is 3.72. The highest BCUT2D eigenvalue weighted by Crippen LogP contribution is 2.27. The predicted octanol–water partition coefficient (Wildman–Crippen LogP) is 1.69. The van der Waals surface area contributed by atoms with E-state index in [4.69, 9.17) is 0 Å². The van der Waals surface area contributed by atoms with Gasteiger partial charge in [0.25, 0.3) is 0 Å². The monoisotopic (exact) mass is 110 g/mol. The molecule has 0 heterocycles. The lowest BCUT2D eigenvalue weighted by Gasteiger charge is -2.17. The Bertz CT molecular complexity index is 154. The third-order valence-corrected chi connectivity index (χ3v) is 1.69. The van der Waals surface area contributed by atoms with E-state index in [0.29, 0.717) is 0 Å². The van der Waals surface area contributed by atoms with Gasteiger partial charge in [-0.15, -0.1) is 0 Å². The summed E-state index contributed by atoms with van der Waals surface area (Å²) >= 11 is 0. The average molecular weight is 110 g/mol. The zero-order valence-corrected chi connectivity index (χ0v) is 5.32. The fourth-order valence-electron chi connectivity index (χ4n) is 0.977. The van der Waals surface area contributed by atoms with Gasteiger partial charge in [-0.1, -0.05) is 5.57 Å². The molecule has 0 aromatic heterocycles. The summed E-state index contributed by atoms with van der Waals surface area (Å²) in [6, 6.07) is 0. The fraction of sp³-hybridized carbons (Fsp3) is 0.571. The Balaban J connectivity index is 2.74. The van der Waals surface area contributed by atoms with Crippen molar-refractivity contribution in [2.45, 2.75) is 26.7 Å². The van der Waals surface area contributed by atoms with E-state index in [2.05, 4.69) is 0 Å². The van der Waals surface area contributed by atoms with Gasteiger partial charge < -0.3 is 0 Å². The molecule has 0 N–H and O–H groups in total. The quantitative estimate of drug-likeness (QED) is 0.502. The van der Waals surface area contributed by atoms with E-state index in [1.807, 2.05) is 6.92 Å². The van der Waals surface area contributed by atoms with Crippen LogP contribution in [0.25, 0.3) is 0 Å². The van der Waals surface area contributed by atoms with Crippen molar-refractivity contribution >= 4 is 5.78 Å². The van der Waals surface area contributed by atoms with Crippen molar-refractivity contribution in [2.75, 3.05) is 0 Å². The van der Waals surface area contributed by atoms with Crippen LogP contribution in [-0.2, 0) is 4.79 Å². The number of allylic oxidation sites excluding steroid dienone is 2. The molecule has 1 nitrogen and oxygen atoms in total. The maximum atomic E-state index is 10.6. The van der Waals surface area contributed by atoms with Crippen LogP contribution in [0, 0.1) is 0 Å². The van der Waals surface area contributed by atoms with Crippen LogP contribution < -0.4 is 0 Å². The molecule has 8 heavy (non-hydrogen) atoms. The SMILES string of the molecule is CC(=O)C1=C(C)CC1. The van der Waals surface area contributed by atoms with E-state index in [-0.39, 0.29) is 5.78 Å². The molecule has 1 heteroatoms. The Hall–Kier alpha value is -0.590. The molecule has 0 radical (unpaired) electrons. The van der Waals surface area contributed by atoms with Gasteiger partial charge in [-0.2, -0.15) is 0 Å². The van der Waals surface area contributed by atoms with Crippen LogP contribution in [0.4, 0.5) is 0 Å². The number of hydrogen-bond donors (Lipinski definition) is 0. The van der Waals surface area contributed by atoms with Gasteiger partial charge in [0.15, 0.2) is 5.78 Å². The van der Waals surface area contributed by atoms with Gasteiger partial charge in [0, 0.05) is 0 Å². The minimum atomic E-state index is 0.258. The zero-order valence-electron chi connectivity index (χ0n) is 5.32. The van der Waals surface area contributed by atoms with Gasteiger partial charge in [-0.25, -0.2) is 0 Å². The number of ketones is 1. The predicted molar refractivity (Wildman–Crippen MR) is 32.6 cm³/mol. The van der Waals surface area contributed by atoms with Gasteiger partial charge in [0.2, 0.25) is 0 Å². The van der Waals surface area contributed by atoms with Crippen LogP contribution in [0.5, 0.6) is 0 Å². The van der Waals surface area contributed by atoms with Gasteiger partial charge in [-0.3, -0.25) is 4.79 Å². The van der Waals surface area contributed by atoms with E-state index < -0.39 is 0 Å². The Kier molecular flexibility index (Phi) is 1.20. The minimum absolute atomic E-state index is 0.258. The molecule has 1 aliphatic rings. The molecule has 0 unspecified atom stereocenters. The highest BCUT2D eigenvalue weighted by atomic mass is 16.1.